The topological polar surface area (TPSA) is 29.1 Å². The molecule has 0 aliphatic carbocycles. The smallest absolute Gasteiger partial charge is 0.255 e. The van der Waals surface area contributed by atoms with E-state index >= 15 is 0 Å². The van der Waals surface area contributed by atoms with Crippen LogP contribution in [0.4, 0.5) is 5.69 Å². The number of halogens is 2. The molecule has 0 unspecified atom stereocenters. The maximum atomic E-state index is 12.2. The monoisotopic (exact) mass is 403 g/mol. The van der Waals surface area contributed by atoms with E-state index in [4.69, 9.17) is 11.6 Å². The minimum absolute atomic E-state index is 0.153. The molecule has 0 heterocycles. The third-order valence-corrected chi connectivity index (χ3v) is 4.91. The molecule has 0 saturated carbocycles. The van der Waals surface area contributed by atoms with Crippen molar-refractivity contribution in [3.8, 4) is 0 Å². The lowest BCUT2D eigenvalue weighted by Gasteiger charge is -2.09. The van der Waals surface area contributed by atoms with E-state index < -0.39 is 0 Å². The number of para-hydroxylation sites is 1. The first-order valence-corrected chi connectivity index (χ1v) is 8.19. The first-order chi connectivity index (χ1) is 9.11. The van der Waals surface area contributed by atoms with Crippen molar-refractivity contribution >= 4 is 57.5 Å². The van der Waals surface area contributed by atoms with Crippen LogP contribution in [0.1, 0.15) is 10.4 Å². The minimum Gasteiger partial charge on any atom is -0.321 e. The molecule has 1 amide bonds. The number of hydrogen-bond donors (Lipinski definition) is 1. The van der Waals surface area contributed by atoms with Gasteiger partial charge in [0.15, 0.2) is 0 Å². The van der Waals surface area contributed by atoms with Gasteiger partial charge in [0.1, 0.15) is 0 Å². The van der Waals surface area contributed by atoms with E-state index in [1.807, 2.05) is 36.6 Å². The molecule has 0 aliphatic rings. The summed E-state index contributed by atoms with van der Waals surface area (Å²) in [6, 6.07) is 13.0. The lowest BCUT2D eigenvalue weighted by atomic mass is 10.2. The maximum absolute atomic E-state index is 12.2. The second-order valence-electron chi connectivity index (χ2n) is 3.78. The van der Waals surface area contributed by atoms with Gasteiger partial charge in [-0.1, -0.05) is 23.7 Å². The highest BCUT2D eigenvalue weighted by Gasteiger charge is 2.10. The Labute approximate surface area is 135 Å². The van der Waals surface area contributed by atoms with Gasteiger partial charge >= 0.3 is 0 Å². The molecule has 2 aromatic carbocycles. The molecule has 98 valence electrons. The van der Waals surface area contributed by atoms with Crippen molar-refractivity contribution in [2.75, 3.05) is 11.6 Å². The van der Waals surface area contributed by atoms with E-state index in [2.05, 4.69) is 27.9 Å². The molecule has 2 nitrogen and oxygen atoms in total. The summed E-state index contributed by atoms with van der Waals surface area (Å²) in [7, 11) is 0. The highest BCUT2D eigenvalue weighted by Crippen LogP contribution is 2.26. The molecule has 2 rings (SSSR count). The van der Waals surface area contributed by atoms with Gasteiger partial charge in [0.25, 0.3) is 5.91 Å². The van der Waals surface area contributed by atoms with Gasteiger partial charge in [-0.25, -0.2) is 0 Å². The van der Waals surface area contributed by atoms with Crippen molar-refractivity contribution in [3.63, 3.8) is 0 Å². The predicted octanol–water partition coefficient (Wildman–Crippen LogP) is 4.92. The van der Waals surface area contributed by atoms with Crippen LogP contribution in [-0.4, -0.2) is 12.2 Å². The van der Waals surface area contributed by atoms with E-state index in [1.54, 1.807) is 23.9 Å². The fraction of sp³-hybridized carbons (Fsp3) is 0.0714. The number of amides is 1. The van der Waals surface area contributed by atoms with Crippen LogP contribution in [-0.2, 0) is 0 Å². The fourth-order valence-electron chi connectivity index (χ4n) is 1.58. The van der Waals surface area contributed by atoms with Crippen LogP contribution in [0.2, 0.25) is 5.02 Å². The normalized spacial score (nSPS) is 10.3. The molecule has 0 bridgehead atoms. The van der Waals surface area contributed by atoms with Crippen LogP contribution in [0.5, 0.6) is 0 Å². The zero-order valence-electron chi connectivity index (χ0n) is 10.1. The molecule has 2 aromatic rings. The summed E-state index contributed by atoms with van der Waals surface area (Å²) < 4.78 is 0.931. The Balaban J connectivity index is 2.23. The summed E-state index contributed by atoms with van der Waals surface area (Å²) in [4.78, 5) is 13.2. The summed E-state index contributed by atoms with van der Waals surface area (Å²) in [5.74, 6) is -0.153. The molecular weight excluding hydrogens is 393 g/mol. The second-order valence-corrected chi connectivity index (χ2v) is 6.20. The Bertz CT molecular complexity index is 618. The van der Waals surface area contributed by atoms with E-state index in [0.717, 1.165) is 14.2 Å². The fourth-order valence-corrected chi connectivity index (χ4v) is 2.65. The molecule has 0 aliphatic heterocycles. The number of carbonyl (C=O) groups excluding carboxylic acids is 1. The average Bonchev–Trinajstić information content (AvgIpc) is 2.42. The maximum Gasteiger partial charge on any atom is 0.255 e. The molecule has 0 aromatic heterocycles. The summed E-state index contributed by atoms with van der Waals surface area (Å²) in [6.45, 7) is 0. The molecule has 0 radical (unpaired) electrons. The molecule has 0 saturated heterocycles. The number of rotatable bonds is 3. The number of anilines is 1. The molecule has 0 atom stereocenters. The first kappa shape index (κ1) is 14.7. The third-order valence-electron chi connectivity index (χ3n) is 2.54. The van der Waals surface area contributed by atoms with Crippen molar-refractivity contribution in [3.05, 3.63) is 56.6 Å². The Hall–Kier alpha value is -0.720. The number of thioether (sulfide) groups is 1. The van der Waals surface area contributed by atoms with Crippen LogP contribution < -0.4 is 5.32 Å². The summed E-state index contributed by atoms with van der Waals surface area (Å²) in [5.41, 5.74) is 1.37. The first-order valence-electron chi connectivity index (χ1n) is 5.51. The second kappa shape index (κ2) is 6.63. The lowest BCUT2D eigenvalue weighted by molar-refractivity contribution is 0.102. The summed E-state index contributed by atoms with van der Waals surface area (Å²) in [6.07, 6.45) is 1.98. The van der Waals surface area contributed by atoms with Crippen LogP contribution in [0, 0.1) is 3.57 Å². The molecule has 19 heavy (non-hydrogen) atoms. The molecule has 0 spiro atoms. The van der Waals surface area contributed by atoms with Gasteiger partial charge in [0.05, 0.1) is 10.7 Å². The summed E-state index contributed by atoms with van der Waals surface area (Å²) >= 11 is 9.76. The largest absolute Gasteiger partial charge is 0.321 e. The van der Waals surface area contributed by atoms with Crippen molar-refractivity contribution in [2.45, 2.75) is 4.90 Å². The van der Waals surface area contributed by atoms with Crippen LogP contribution >= 0.6 is 46.0 Å². The highest BCUT2D eigenvalue weighted by atomic mass is 127. The SMILES string of the molecule is CSc1ccccc1NC(=O)c1ccc(I)c(Cl)c1. The quantitative estimate of drug-likeness (QED) is 0.582. The van der Waals surface area contributed by atoms with E-state index in [9.17, 15) is 4.79 Å². The third kappa shape index (κ3) is 3.64. The van der Waals surface area contributed by atoms with Crippen LogP contribution in [0.25, 0.3) is 0 Å². The Morgan fingerprint density at radius 2 is 2.00 bits per heavy atom. The number of benzene rings is 2. The number of hydrogen-bond acceptors (Lipinski definition) is 2. The van der Waals surface area contributed by atoms with Gasteiger partial charge in [-0.3, -0.25) is 4.79 Å². The van der Waals surface area contributed by atoms with Gasteiger partial charge in [0, 0.05) is 14.0 Å². The van der Waals surface area contributed by atoms with Gasteiger partial charge < -0.3 is 5.32 Å². The Morgan fingerprint density at radius 1 is 1.26 bits per heavy atom. The molecule has 1 N–H and O–H groups in total. The number of carbonyl (C=O) groups is 1. The minimum atomic E-state index is -0.153. The van der Waals surface area contributed by atoms with Crippen molar-refractivity contribution in [1.82, 2.24) is 0 Å². The zero-order chi connectivity index (χ0) is 13.8. The van der Waals surface area contributed by atoms with Gasteiger partial charge in [-0.05, 0) is 59.2 Å². The van der Waals surface area contributed by atoms with Crippen molar-refractivity contribution in [1.29, 1.82) is 0 Å². The standard InChI is InChI=1S/C14H11ClINOS/c1-19-13-5-3-2-4-12(13)17-14(18)9-6-7-11(16)10(15)8-9/h2-8H,1H3,(H,17,18). The zero-order valence-corrected chi connectivity index (χ0v) is 13.8. The van der Waals surface area contributed by atoms with E-state index in [-0.39, 0.29) is 5.91 Å². The molecule has 5 heteroatoms. The van der Waals surface area contributed by atoms with Gasteiger partial charge in [0.2, 0.25) is 0 Å². The Kier molecular flexibility index (Phi) is 5.13. The average molecular weight is 404 g/mol. The predicted molar refractivity (Wildman–Crippen MR) is 90.3 cm³/mol. The summed E-state index contributed by atoms with van der Waals surface area (Å²) in [5, 5.41) is 3.49. The van der Waals surface area contributed by atoms with Gasteiger partial charge in [-0.2, -0.15) is 0 Å². The van der Waals surface area contributed by atoms with Crippen molar-refractivity contribution in [2.24, 2.45) is 0 Å². The Morgan fingerprint density at radius 3 is 2.68 bits per heavy atom. The van der Waals surface area contributed by atoms with E-state index in [1.165, 1.54) is 0 Å². The molecule has 0 fully saturated rings. The van der Waals surface area contributed by atoms with Gasteiger partial charge in [-0.15, -0.1) is 11.8 Å². The highest BCUT2D eigenvalue weighted by molar-refractivity contribution is 14.1. The van der Waals surface area contributed by atoms with Crippen molar-refractivity contribution < 1.29 is 4.79 Å². The lowest BCUT2D eigenvalue weighted by Crippen LogP contribution is -2.12. The van der Waals surface area contributed by atoms with E-state index in [0.29, 0.717) is 10.6 Å². The van der Waals surface area contributed by atoms with Crippen LogP contribution in [0.15, 0.2) is 47.4 Å². The van der Waals surface area contributed by atoms with Crippen LogP contribution in [0.3, 0.4) is 0 Å². The molecular formula is C14H11ClINOS. The number of nitrogens with one attached hydrogen (secondary N) is 1.